The molecule has 0 radical (unpaired) electrons. The Morgan fingerprint density at radius 2 is 2.11 bits per heavy atom. The van der Waals surface area contributed by atoms with Crippen LogP contribution in [0.1, 0.15) is 29.7 Å². The molecule has 0 aliphatic heterocycles. The molecule has 2 rings (SSSR count). The van der Waals surface area contributed by atoms with E-state index in [0.29, 0.717) is 12.4 Å². The van der Waals surface area contributed by atoms with E-state index >= 15 is 0 Å². The normalized spacial score (nSPS) is 12.2. The lowest BCUT2D eigenvalue weighted by Crippen LogP contribution is -2.03. The van der Waals surface area contributed by atoms with E-state index in [0.717, 1.165) is 21.2 Å². The summed E-state index contributed by atoms with van der Waals surface area (Å²) < 4.78 is 6.35. The largest absolute Gasteiger partial charge is 0.492 e. The van der Waals surface area contributed by atoms with Crippen molar-refractivity contribution in [3.8, 4) is 5.75 Å². The van der Waals surface area contributed by atoms with Crippen LogP contribution in [-0.2, 0) is 0 Å². The number of aliphatic hydroxyl groups excluding tert-OH is 1. The SMILES string of the molecule is CCOc1cncc(C(O)c2cc(Br)ccc2C)c1. The Labute approximate surface area is 121 Å². The number of hydrogen-bond donors (Lipinski definition) is 1. The van der Waals surface area contributed by atoms with Crippen LogP contribution >= 0.6 is 15.9 Å². The molecule has 1 heterocycles. The van der Waals surface area contributed by atoms with Crippen molar-refractivity contribution in [2.45, 2.75) is 20.0 Å². The third kappa shape index (κ3) is 3.33. The van der Waals surface area contributed by atoms with Crippen LogP contribution in [0.2, 0.25) is 0 Å². The van der Waals surface area contributed by atoms with Gasteiger partial charge in [0.1, 0.15) is 11.9 Å². The number of aryl methyl sites for hydroxylation is 1. The summed E-state index contributed by atoms with van der Waals surface area (Å²) in [6.07, 6.45) is 2.60. The van der Waals surface area contributed by atoms with E-state index < -0.39 is 6.10 Å². The molecule has 1 atom stereocenters. The molecule has 1 unspecified atom stereocenters. The topological polar surface area (TPSA) is 42.4 Å². The molecule has 0 saturated heterocycles. The number of ether oxygens (including phenoxy) is 1. The zero-order valence-corrected chi connectivity index (χ0v) is 12.5. The standard InChI is InChI=1S/C15H16BrNO2/c1-3-19-13-6-11(8-17-9-13)15(18)14-7-12(16)5-4-10(14)2/h4-9,15,18H,3H2,1-2H3. The maximum atomic E-state index is 10.5. The number of hydrogen-bond acceptors (Lipinski definition) is 3. The second-order valence-corrected chi connectivity index (χ2v) is 5.21. The summed E-state index contributed by atoms with van der Waals surface area (Å²) >= 11 is 3.43. The molecule has 0 aliphatic rings. The number of aromatic nitrogens is 1. The van der Waals surface area contributed by atoms with E-state index in [2.05, 4.69) is 20.9 Å². The summed E-state index contributed by atoms with van der Waals surface area (Å²) in [5, 5.41) is 10.5. The first kappa shape index (κ1) is 14.0. The lowest BCUT2D eigenvalue weighted by molar-refractivity contribution is 0.218. The summed E-state index contributed by atoms with van der Waals surface area (Å²) in [7, 11) is 0. The average Bonchev–Trinajstić information content (AvgIpc) is 2.41. The zero-order valence-electron chi connectivity index (χ0n) is 10.9. The second kappa shape index (κ2) is 6.17. The highest BCUT2D eigenvalue weighted by Gasteiger charge is 2.14. The smallest absolute Gasteiger partial charge is 0.137 e. The fourth-order valence-corrected chi connectivity index (χ4v) is 2.30. The van der Waals surface area contributed by atoms with Gasteiger partial charge < -0.3 is 9.84 Å². The Morgan fingerprint density at radius 3 is 2.84 bits per heavy atom. The Morgan fingerprint density at radius 1 is 1.32 bits per heavy atom. The minimum absolute atomic E-state index is 0.580. The summed E-state index contributed by atoms with van der Waals surface area (Å²) in [4.78, 5) is 4.11. The number of rotatable bonds is 4. The molecule has 19 heavy (non-hydrogen) atoms. The molecule has 0 spiro atoms. The average molecular weight is 322 g/mol. The van der Waals surface area contributed by atoms with E-state index in [1.807, 2.05) is 38.1 Å². The predicted molar refractivity (Wildman–Crippen MR) is 78.3 cm³/mol. The highest BCUT2D eigenvalue weighted by molar-refractivity contribution is 9.10. The maximum Gasteiger partial charge on any atom is 0.137 e. The molecule has 0 aliphatic carbocycles. The molecule has 0 amide bonds. The van der Waals surface area contributed by atoms with Crippen molar-refractivity contribution in [3.63, 3.8) is 0 Å². The van der Waals surface area contributed by atoms with Crippen LogP contribution in [0.5, 0.6) is 5.75 Å². The molecule has 1 aromatic carbocycles. The van der Waals surface area contributed by atoms with Crippen LogP contribution in [0.3, 0.4) is 0 Å². The third-order valence-electron chi connectivity index (χ3n) is 2.90. The van der Waals surface area contributed by atoms with E-state index in [4.69, 9.17) is 4.74 Å². The molecule has 0 fully saturated rings. The van der Waals surface area contributed by atoms with Gasteiger partial charge in [-0.15, -0.1) is 0 Å². The van der Waals surface area contributed by atoms with Crippen molar-refractivity contribution in [1.29, 1.82) is 0 Å². The van der Waals surface area contributed by atoms with Crippen molar-refractivity contribution < 1.29 is 9.84 Å². The predicted octanol–water partition coefficient (Wildman–Crippen LogP) is 3.63. The molecular formula is C15H16BrNO2. The Kier molecular flexibility index (Phi) is 4.56. The molecule has 2 aromatic rings. The van der Waals surface area contributed by atoms with Gasteiger partial charge in [-0.05, 0) is 43.2 Å². The summed E-state index contributed by atoms with van der Waals surface area (Å²) in [5.41, 5.74) is 2.63. The van der Waals surface area contributed by atoms with Gasteiger partial charge in [-0.25, -0.2) is 0 Å². The molecular weight excluding hydrogens is 306 g/mol. The van der Waals surface area contributed by atoms with Gasteiger partial charge in [0.25, 0.3) is 0 Å². The molecule has 100 valence electrons. The van der Waals surface area contributed by atoms with Crippen molar-refractivity contribution in [2.75, 3.05) is 6.61 Å². The number of nitrogens with zero attached hydrogens (tertiary/aromatic N) is 1. The Hall–Kier alpha value is -1.39. The van der Waals surface area contributed by atoms with Crippen LogP contribution in [0.25, 0.3) is 0 Å². The lowest BCUT2D eigenvalue weighted by atomic mass is 9.99. The van der Waals surface area contributed by atoms with E-state index in [1.54, 1.807) is 12.4 Å². The summed E-state index contributed by atoms with van der Waals surface area (Å²) in [5.74, 6) is 0.673. The van der Waals surface area contributed by atoms with Crippen LogP contribution in [0.15, 0.2) is 41.1 Å². The minimum atomic E-state index is -0.703. The van der Waals surface area contributed by atoms with Crippen LogP contribution in [0, 0.1) is 6.92 Å². The van der Waals surface area contributed by atoms with Crippen molar-refractivity contribution in [3.05, 3.63) is 57.8 Å². The van der Waals surface area contributed by atoms with Crippen LogP contribution in [0.4, 0.5) is 0 Å². The van der Waals surface area contributed by atoms with Crippen molar-refractivity contribution in [1.82, 2.24) is 4.98 Å². The van der Waals surface area contributed by atoms with E-state index in [-0.39, 0.29) is 0 Å². The first-order chi connectivity index (χ1) is 9.11. The van der Waals surface area contributed by atoms with E-state index in [1.165, 1.54) is 0 Å². The number of halogens is 1. The molecule has 0 saturated carbocycles. The monoisotopic (exact) mass is 321 g/mol. The number of benzene rings is 1. The first-order valence-electron chi connectivity index (χ1n) is 6.13. The van der Waals surface area contributed by atoms with Crippen LogP contribution in [-0.4, -0.2) is 16.7 Å². The fraction of sp³-hybridized carbons (Fsp3) is 0.267. The van der Waals surface area contributed by atoms with Gasteiger partial charge in [0.05, 0.1) is 12.8 Å². The van der Waals surface area contributed by atoms with Gasteiger partial charge in [-0.1, -0.05) is 22.0 Å². The highest BCUT2D eigenvalue weighted by atomic mass is 79.9. The molecule has 3 nitrogen and oxygen atoms in total. The van der Waals surface area contributed by atoms with Gasteiger partial charge in [0, 0.05) is 16.2 Å². The highest BCUT2D eigenvalue weighted by Crippen LogP contribution is 2.28. The maximum absolute atomic E-state index is 10.5. The lowest BCUT2D eigenvalue weighted by Gasteiger charge is -2.15. The van der Waals surface area contributed by atoms with E-state index in [9.17, 15) is 5.11 Å². The van der Waals surface area contributed by atoms with Crippen LogP contribution < -0.4 is 4.74 Å². The van der Waals surface area contributed by atoms with Gasteiger partial charge in [-0.2, -0.15) is 0 Å². The summed E-state index contributed by atoms with van der Waals surface area (Å²) in [6.45, 7) is 4.48. The zero-order chi connectivity index (χ0) is 13.8. The van der Waals surface area contributed by atoms with Gasteiger partial charge >= 0.3 is 0 Å². The van der Waals surface area contributed by atoms with Gasteiger partial charge in [0.15, 0.2) is 0 Å². The Bertz CT molecular complexity index is 572. The molecule has 4 heteroatoms. The molecule has 1 aromatic heterocycles. The van der Waals surface area contributed by atoms with Gasteiger partial charge in [0.2, 0.25) is 0 Å². The van der Waals surface area contributed by atoms with Crippen molar-refractivity contribution in [2.24, 2.45) is 0 Å². The quantitative estimate of drug-likeness (QED) is 0.935. The Balaban J connectivity index is 2.35. The number of pyridine rings is 1. The first-order valence-corrected chi connectivity index (χ1v) is 6.93. The second-order valence-electron chi connectivity index (χ2n) is 4.29. The molecule has 0 bridgehead atoms. The summed E-state index contributed by atoms with van der Waals surface area (Å²) in [6, 6.07) is 7.68. The fourth-order valence-electron chi connectivity index (χ4n) is 1.92. The van der Waals surface area contributed by atoms with Crippen molar-refractivity contribution >= 4 is 15.9 Å². The number of aliphatic hydroxyl groups is 1. The third-order valence-corrected chi connectivity index (χ3v) is 3.39. The van der Waals surface area contributed by atoms with Gasteiger partial charge in [-0.3, -0.25) is 4.98 Å². The molecule has 1 N–H and O–H groups in total. The minimum Gasteiger partial charge on any atom is -0.492 e.